The summed E-state index contributed by atoms with van der Waals surface area (Å²) in [4.78, 5) is 0. The van der Waals surface area contributed by atoms with Crippen molar-refractivity contribution >= 4 is 5.69 Å². The van der Waals surface area contributed by atoms with E-state index >= 15 is 0 Å². The summed E-state index contributed by atoms with van der Waals surface area (Å²) in [5, 5.41) is 16.9. The lowest BCUT2D eigenvalue weighted by Gasteiger charge is -2.04. The van der Waals surface area contributed by atoms with Crippen molar-refractivity contribution in [3.63, 3.8) is 0 Å². The maximum atomic E-state index is 9.23. The van der Waals surface area contributed by atoms with Gasteiger partial charge in [0.05, 0.1) is 11.9 Å². The second-order valence-corrected chi connectivity index (χ2v) is 4.53. The van der Waals surface area contributed by atoms with E-state index in [1.54, 1.807) is 12.1 Å². The lowest BCUT2D eigenvalue weighted by atomic mass is 10.3. The number of rotatable bonds is 4. The standard InChI is InChI=1S/C16H15N3O/c20-16-8-6-14(7-9-16)17-10-13-11-18-19(12-13)15-4-2-1-3-5-15/h1-9,11-12,17,20H,10H2. The van der Waals surface area contributed by atoms with Gasteiger partial charge in [-0.3, -0.25) is 0 Å². The fourth-order valence-electron chi connectivity index (χ4n) is 1.96. The number of nitrogens with zero attached hydrogens (tertiary/aromatic N) is 2. The molecule has 3 aromatic rings. The second kappa shape index (κ2) is 5.48. The number of hydrogen-bond donors (Lipinski definition) is 2. The molecule has 0 spiro atoms. The van der Waals surface area contributed by atoms with E-state index in [2.05, 4.69) is 10.4 Å². The molecule has 20 heavy (non-hydrogen) atoms. The topological polar surface area (TPSA) is 50.1 Å². The van der Waals surface area contributed by atoms with Crippen LogP contribution in [0.1, 0.15) is 5.56 Å². The van der Waals surface area contributed by atoms with Crippen molar-refractivity contribution in [1.82, 2.24) is 9.78 Å². The lowest BCUT2D eigenvalue weighted by molar-refractivity contribution is 0.475. The molecular formula is C16H15N3O. The zero-order chi connectivity index (χ0) is 13.8. The van der Waals surface area contributed by atoms with Crippen LogP contribution in [-0.4, -0.2) is 14.9 Å². The average Bonchev–Trinajstić information content (AvgIpc) is 2.97. The summed E-state index contributed by atoms with van der Waals surface area (Å²) in [5.74, 6) is 0.271. The summed E-state index contributed by atoms with van der Waals surface area (Å²) in [6.45, 7) is 0.692. The third kappa shape index (κ3) is 2.80. The van der Waals surface area contributed by atoms with Gasteiger partial charge < -0.3 is 10.4 Å². The highest BCUT2D eigenvalue weighted by molar-refractivity contribution is 5.46. The Kier molecular flexibility index (Phi) is 3.37. The van der Waals surface area contributed by atoms with Crippen LogP contribution in [0.15, 0.2) is 67.0 Å². The normalized spacial score (nSPS) is 10.4. The zero-order valence-electron chi connectivity index (χ0n) is 10.9. The molecule has 0 saturated carbocycles. The quantitative estimate of drug-likeness (QED) is 0.712. The van der Waals surface area contributed by atoms with Crippen LogP contribution in [0.5, 0.6) is 5.75 Å². The van der Waals surface area contributed by atoms with E-state index in [-0.39, 0.29) is 5.75 Å². The van der Waals surface area contributed by atoms with Crippen LogP contribution >= 0.6 is 0 Å². The molecule has 4 nitrogen and oxygen atoms in total. The largest absolute Gasteiger partial charge is 0.508 e. The first-order valence-electron chi connectivity index (χ1n) is 6.43. The van der Waals surface area contributed by atoms with Gasteiger partial charge in [-0.05, 0) is 36.4 Å². The Bertz CT molecular complexity index is 674. The highest BCUT2D eigenvalue weighted by atomic mass is 16.3. The Morgan fingerprint density at radius 2 is 1.75 bits per heavy atom. The van der Waals surface area contributed by atoms with Crippen LogP contribution in [-0.2, 0) is 6.54 Å². The molecule has 0 saturated heterocycles. The first kappa shape index (κ1) is 12.3. The summed E-state index contributed by atoms with van der Waals surface area (Å²) in [6, 6.07) is 17.0. The number of aromatic nitrogens is 2. The number of anilines is 1. The number of phenolic OH excluding ortho intramolecular Hbond substituents is 1. The van der Waals surface area contributed by atoms with Gasteiger partial charge in [-0.15, -0.1) is 0 Å². The Hall–Kier alpha value is -2.75. The Morgan fingerprint density at radius 3 is 2.50 bits per heavy atom. The monoisotopic (exact) mass is 265 g/mol. The zero-order valence-corrected chi connectivity index (χ0v) is 10.9. The minimum absolute atomic E-state index is 0.271. The summed E-state index contributed by atoms with van der Waals surface area (Å²) in [5.41, 5.74) is 3.11. The van der Waals surface area contributed by atoms with Crippen molar-refractivity contribution < 1.29 is 5.11 Å². The Morgan fingerprint density at radius 1 is 1.00 bits per heavy atom. The van der Waals surface area contributed by atoms with Gasteiger partial charge in [-0.1, -0.05) is 18.2 Å². The van der Waals surface area contributed by atoms with Crippen molar-refractivity contribution in [3.8, 4) is 11.4 Å². The summed E-state index contributed by atoms with van der Waals surface area (Å²) >= 11 is 0. The molecule has 0 radical (unpaired) electrons. The van der Waals surface area contributed by atoms with Crippen molar-refractivity contribution in [2.75, 3.05) is 5.32 Å². The van der Waals surface area contributed by atoms with E-state index < -0.39 is 0 Å². The van der Waals surface area contributed by atoms with E-state index in [1.807, 2.05) is 59.5 Å². The number of nitrogens with one attached hydrogen (secondary N) is 1. The van der Waals surface area contributed by atoms with Crippen molar-refractivity contribution in [3.05, 3.63) is 72.6 Å². The Balaban J connectivity index is 1.67. The van der Waals surface area contributed by atoms with Crippen molar-refractivity contribution in [1.29, 1.82) is 0 Å². The molecule has 0 fully saturated rings. The predicted molar refractivity (Wildman–Crippen MR) is 79.0 cm³/mol. The van der Waals surface area contributed by atoms with Gasteiger partial charge >= 0.3 is 0 Å². The van der Waals surface area contributed by atoms with E-state index in [0.717, 1.165) is 16.9 Å². The molecule has 1 aromatic heterocycles. The lowest BCUT2D eigenvalue weighted by Crippen LogP contribution is -1.98. The van der Waals surface area contributed by atoms with Gasteiger partial charge in [0, 0.05) is 24.0 Å². The molecule has 0 aliphatic carbocycles. The second-order valence-electron chi connectivity index (χ2n) is 4.53. The molecule has 2 aromatic carbocycles. The molecule has 0 atom stereocenters. The average molecular weight is 265 g/mol. The van der Waals surface area contributed by atoms with Gasteiger partial charge in [0.15, 0.2) is 0 Å². The van der Waals surface area contributed by atoms with Gasteiger partial charge in [-0.25, -0.2) is 4.68 Å². The predicted octanol–water partition coefficient (Wildman–Crippen LogP) is 3.19. The van der Waals surface area contributed by atoms with Crippen molar-refractivity contribution in [2.45, 2.75) is 6.54 Å². The van der Waals surface area contributed by atoms with Crippen LogP contribution in [0.3, 0.4) is 0 Å². The van der Waals surface area contributed by atoms with Crippen LogP contribution in [0.4, 0.5) is 5.69 Å². The highest BCUT2D eigenvalue weighted by Gasteiger charge is 2.00. The van der Waals surface area contributed by atoms with Gasteiger partial charge in [0.1, 0.15) is 5.75 Å². The first-order valence-corrected chi connectivity index (χ1v) is 6.43. The number of phenols is 1. The molecule has 0 aliphatic heterocycles. The SMILES string of the molecule is Oc1ccc(NCc2cnn(-c3ccccc3)c2)cc1. The van der Waals surface area contributed by atoms with Crippen LogP contribution in [0.2, 0.25) is 0 Å². The maximum absolute atomic E-state index is 9.23. The molecule has 1 heterocycles. The first-order chi connectivity index (χ1) is 9.81. The third-order valence-corrected chi connectivity index (χ3v) is 3.02. The molecule has 3 rings (SSSR count). The fraction of sp³-hybridized carbons (Fsp3) is 0.0625. The number of hydrogen-bond acceptors (Lipinski definition) is 3. The summed E-state index contributed by atoms with van der Waals surface area (Å²) < 4.78 is 1.85. The van der Waals surface area contributed by atoms with Crippen LogP contribution in [0.25, 0.3) is 5.69 Å². The fourth-order valence-corrected chi connectivity index (χ4v) is 1.96. The summed E-state index contributed by atoms with van der Waals surface area (Å²) in [6.07, 6.45) is 3.85. The van der Waals surface area contributed by atoms with E-state index in [1.165, 1.54) is 0 Å². The number of para-hydroxylation sites is 1. The molecule has 0 unspecified atom stereocenters. The van der Waals surface area contributed by atoms with Gasteiger partial charge in [-0.2, -0.15) is 5.10 Å². The van der Waals surface area contributed by atoms with Crippen molar-refractivity contribution in [2.24, 2.45) is 0 Å². The molecule has 2 N–H and O–H groups in total. The molecule has 4 heteroatoms. The van der Waals surface area contributed by atoms with Crippen LogP contribution in [0, 0.1) is 0 Å². The maximum Gasteiger partial charge on any atom is 0.115 e. The number of aromatic hydroxyl groups is 1. The molecule has 0 bridgehead atoms. The van der Waals surface area contributed by atoms with Gasteiger partial charge in [0.25, 0.3) is 0 Å². The minimum Gasteiger partial charge on any atom is -0.508 e. The van der Waals surface area contributed by atoms with E-state index in [0.29, 0.717) is 6.54 Å². The summed E-state index contributed by atoms with van der Waals surface area (Å²) in [7, 11) is 0. The minimum atomic E-state index is 0.271. The highest BCUT2D eigenvalue weighted by Crippen LogP contribution is 2.15. The molecule has 0 amide bonds. The smallest absolute Gasteiger partial charge is 0.115 e. The van der Waals surface area contributed by atoms with Crippen LogP contribution < -0.4 is 5.32 Å². The van der Waals surface area contributed by atoms with E-state index in [9.17, 15) is 5.11 Å². The molecule has 0 aliphatic rings. The van der Waals surface area contributed by atoms with E-state index in [4.69, 9.17) is 0 Å². The molecule has 100 valence electrons. The molecular weight excluding hydrogens is 250 g/mol. The van der Waals surface area contributed by atoms with Gasteiger partial charge in [0.2, 0.25) is 0 Å². The third-order valence-electron chi connectivity index (χ3n) is 3.02. The Labute approximate surface area is 117 Å². The number of benzene rings is 2.